The third kappa shape index (κ3) is 7.89. The summed E-state index contributed by atoms with van der Waals surface area (Å²) in [7, 11) is 0. The van der Waals surface area contributed by atoms with Crippen LogP contribution in [0.3, 0.4) is 0 Å². The monoisotopic (exact) mass is 498 g/mol. The van der Waals surface area contributed by atoms with E-state index in [0.717, 1.165) is 37.8 Å². The van der Waals surface area contributed by atoms with Crippen LogP contribution in [0.15, 0.2) is 42.9 Å². The predicted octanol–water partition coefficient (Wildman–Crippen LogP) is 2.05. The van der Waals surface area contributed by atoms with Crippen LogP contribution in [0.25, 0.3) is 0 Å². The normalized spacial score (nSPS) is 16.6. The van der Waals surface area contributed by atoms with Crippen molar-refractivity contribution in [2.75, 3.05) is 18.5 Å². The summed E-state index contributed by atoms with van der Waals surface area (Å²) in [4.78, 5) is 44.4. The van der Waals surface area contributed by atoms with Crippen LogP contribution in [0.2, 0.25) is 0 Å². The lowest BCUT2D eigenvalue weighted by atomic mass is 10.1. The van der Waals surface area contributed by atoms with Crippen LogP contribution in [0, 0.1) is 0 Å². The van der Waals surface area contributed by atoms with Crippen molar-refractivity contribution in [2.45, 2.75) is 77.2 Å². The van der Waals surface area contributed by atoms with Gasteiger partial charge in [-0.25, -0.2) is 4.98 Å². The van der Waals surface area contributed by atoms with Crippen molar-refractivity contribution in [1.29, 1.82) is 0 Å². The lowest BCUT2D eigenvalue weighted by Gasteiger charge is -2.24. The van der Waals surface area contributed by atoms with E-state index in [1.165, 1.54) is 6.33 Å². The summed E-state index contributed by atoms with van der Waals surface area (Å²) in [5.41, 5.74) is 5.68. The first-order valence-electron chi connectivity index (χ1n) is 12.5. The van der Waals surface area contributed by atoms with Crippen LogP contribution in [-0.4, -0.2) is 62.9 Å². The molecule has 10 nitrogen and oxygen atoms in total. The molecule has 4 N–H and O–H groups in total. The average molecular weight is 499 g/mol. The number of nitrogens with one attached hydrogen (secondary N) is 2. The zero-order chi connectivity index (χ0) is 26.1. The standard InChI is InChI=1S/C26H38N6O4/c1-4-9-20-12-8-13-32(20)23(33)15-31-14-22(28-18-31)30-24(34)21(29-25(35)26(2,3)27)17-36-16-19-10-6-5-7-11-19/h5-7,10-11,14,18,20-21H,4,8-9,12-13,15-17,27H2,1-3H3,(H,29,35)(H,30,34)/t20?,21-/m1/s1. The zero-order valence-electron chi connectivity index (χ0n) is 21.4. The molecule has 1 aliphatic rings. The topological polar surface area (TPSA) is 132 Å². The van der Waals surface area contributed by atoms with Gasteiger partial charge in [-0.05, 0) is 38.7 Å². The van der Waals surface area contributed by atoms with Crippen molar-refractivity contribution in [3.8, 4) is 0 Å². The maximum Gasteiger partial charge on any atom is 0.250 e. The molecule has 2 aromatic rings. The molecule has 1 aliphatic heterocycles. The fourth-order valence-electron chi connectivity index (χ4n) is 4.16. The molecule has 36 heavy (non-hydrogen) atoms. The highest BCUT2D eigenvalue weighted by Gasteiger charge is 2.30. The van der Waals surface area contributed by atoms with Crippen molar-refractivity contribution < 1.29 is 19.1 Å². The number of anilines is 1. The van der Waals surface area contributed by atoms with Gasteiger partial charge in [-0.3, -0.25) is 14.4 Å². The molecule has 0 radical (unpaired) electrons. The van der Waals surface area contributed by atoms with Gasteiger partial charge in [-0.15, -0.1) is 0 Å². The SMILES string of the molecule is CCCC1CCCN1C(=O)Cn1cnc(NC(=O)[C@@H](COCc2ccccc2)NC(=O)C(C)(C)N)c1. The van der Waals surface area contributed by atoms with Crippen molar-refractivity contribution in [1.82, 2.24) is 19.8 Å². The fraction of sp³-hybridized carbons (Fsp3) is 0.538. The van der Waals surface area contributed by atoms with Crippen LogP contribution in [-0.2, 0) is 32.3 Å². The van der Waals surface area contributed by atoms with E-state index in [-0.39, 0.29) is 24.9 Å². The van der Waals surface area contributed by atoms with Crippen LogP contribution < -0.4 is 16.4 Å². The summed E-state index contributed by atoms with van der Waals surface area (Å²) in [6.07, 6.45) is 7.25. The number of likely N-dealkylation sites (tertiary alicyclic amines) is 1. The van der Waals surface area contributed by atoms with Crippen molar-refractivity contribution in [3.63, 3.8) is 0 Å². The second kappa shape index (κ2) is 12.6. The number of hydrogen-bond donors (Lipinski definition) is 3. The van der Waals surface area contributed by atoms with E-state index < -0.39 is 23.4 Å². The van der Waals surface area contributed by atoms with Crippen LogP contribution in [0.4, 0.5) is 5.82 Å². The van der Waals surface area contributed by atoms with Gasteiger partial charge in [0.05, 0.1) is 25.1 Å². The molecule has 196 valence electrons. The van der Waals surface area contributed by atoms with Gasteiger partial charge < -0.3 is 30.6 Å². The number of ether oxygens (including phenoxy) is 1. The molecule has 1 aromatic carbocycles. The molecule has 10 heteroatoms. The summed E-state index contributed by atoms with van der Waals surface area (Å²) < 4.78 is 7.36. The van der Waals surface area contributed by atoms with Gasteiger partial charge in [0.15, 0.2) is 5.82 Å². The van der Waals surface area contributed by atoms with E-state index in [1.807, 2.05) is 35.2 Å². The molecule has 2 atom stereocenters. The molecule has 0 aliphatic carbocycles. The zero-order valence-corrected chi connectivity index (χ0v) is 21.4. The Labute approximate surface area is 212 Å². The molecule has 0 spiro atoms. The lowest BCUT2D eigenvalue weighted by molar-refractivity contribution is -0.132. The summed E-state index contributed by atoms with van der Waals surface area (Å²) in [5, 5.41) is 5.37. The maximum absolute atomic E-state index is 13.0. The molecule has 3 rings (SSSR count). The van der Waals surface area contributed by atoms with Crippen molar-refractivity contribution in [2.24, 2.45) is 5.73 Å². The number of benzene rings is 1. The largest absolute Gasteiger partial charge is 0.374 e. The summed E-state index contributed by atoms with van der Waals surface area (Å²) in [5.74, 6) is -0.631. The molecule has 0 saturated carbocycles. The van der Waals surface area contributed by atoms with Gasteiger partial charge in [0.2, 0.25) is 11.8 Å². The molecule has 1 unspecified atom stereocenters. The Morgan fingerprint density at radius 1 is 1.25 bits per heavy atom. The number of aromatic nitrogens is 2. The second-order valence-corrected chi connectivity index (χ2v) is 9.84. The van der Waals surface area contributed by atoms with Gasteiger partial charge >= 0.3 is 0 Å². The first-order chi connectivity index (χ1) is 17.2. The Kier molecular flexibility index (Phi) is 9.60. The average Bonchev–Trinajstić information content (AvgIpc) is 3.48. The quantitative estimate of drug-likeness (QED) is 0.410. The Bertz CT molecular complexity index is 1020. The van der Waals surface area contributed by atoms with E-state index in [2.05, 4.69) is 22.5 Å². The highest BCUT2D eigenvalue weighted by molar-refractivity contribution is 5.98. The van der Waals surface area contributed by atoms with Crippen molar-refractivity contribution >= 4 is 23.5 Å². The lowest BCUT2D eigenvalue weighted by Crippen LogP contribution is -2.56. The summed E-state index contributed by atoms with van der Waals surface area (Å²) in [6.45, 7) is 6.43. The minimum Gasteiger partial charge on any atom is -0.374 e. The van der Waals surface area contributed by atoms with E-state index in [0.29, 0.717) is 12.6 Å². The fourth-order valence-corrected chi connectivity index (χ4v) is 4.16. The van der Waals surface area contributed by atoms with Gasteiger partial charge in [-0.2, -0.15) is 0 Å². The number of nitrogens with two attached hydrogens (primary N) is 1. The smallest absolute Gasteiger partial charge is 0.250 e. The first kappa shape index (κ1) is 27.3. The Morgan fingerprint density at radius 2 is 2.00 bits per heavy atom. The number of hydrogen-bond acceptors (Lipinski definition) is 6. The number of carbonyl (C=O) groups excluding carboxylic acids is 3. The number of amides is 3. The van der Waals surface area contributed by atoms with Crippen molar-refractivity contribution in [3.05, 3.63) is 48.4 Å². The molecule has 0 bridgehead atoms. The molecular formula is C26H38N6O4. The molecule has 1 saturated heterocycles. The van der Waals surface area contributed by atoms with E-state index in [4.69, 9.17) is 10.5 Å². The molecular weight excluding hydrogens is 460 g/mol. The Hall–Kier alpha value is -3.24. The minimum atomic E-state index is -1.16. The first-order valence-corrected chi connectivity index (χ1v) is 12.5. The predicted molar refractivity (Wildman–Crippen MR) is 137 cm³/mol. The number of carbonyl (C=O) groups is 3. The van der Waals surface area contributed by atoms with Gasteiger partial charge in [0, 0.05) is 18.8 Å². The van der Waals surface area contributed by atoms with E-state index >= 15 is 0 Å². The van der Waals surface area contributed by atoms with E-state index in [1.54, 1.807) is 24.6 Å². The maximum atomic E-state index is 13.0. The molecule has 1 fully saturated rings. The van der Waals surface area contributed by atoms with Gasteiger partial charge in [0.1, 0.15) is 12.6 Å². The molecule has 1 aromatic heterocycles. The van der Waals surface area contributed by atoms with Crippen LogP contribution in [0.1, 0.15) is 52.0 Å². The molecule has 2 heterocycles. The summed E-state index contributed by atoms with van der Waals surface area (Å²) >= 11 is 0. The van der Waals surface area contributed by atoms with Gasteiger partial charge in [-0.1, -0.05) is 43.7 Å². The van der Waals surface area contributed by atoms with Gasteiger partial charge in [0.25, 0.3) is 5.91 Å². The third-order valence-electron chi connectivity index (χ3n) is 6.12. The highest BCUT2D eigenvalue weighted by atomic mass is 16.5. The van der Waals surface area contributed by atoms with Crippen LogP contribution in [0.5, 0.6) is 0 Å². The Morgan fingerprint density at radius 3 is 2.69 bits per heavy atom. The second-order valence-electron chi connectivity index (χ2n) is 9.84. The third-order valence-corrected chi connectivity index (χ3v) is 6.12. The van der Waals surface area contributed by atoms with Crippen LogP contribution >= 0.6 is 0 Å². The highest BCUT2D eigenvalue weighted by Crippen LogP contribution is 2.21. The number of imidazole rings is 1. The number of nitrogens with zero attached hydrogens (tertiary/aromatic N) is 3. The summed E-state index contributed by atoms with van der Waals surface area (Å²) in [6, 6.07) is 8.86. The number of rotatable bonds is 12. The Balaban J connectivity index is 1.59. The van der Waals surface area contributed by atoms with E-state index in [9.17, 15) is 14.4 Å². The molecule has 3 amide bonds. The minimum absolute atomic E-state index is 0.0461.